The summed E-state index contributed by atoms with van der Waals surface area (Å²) in [5.41, 5.74) is 1.09. The molecular weight excluding hydrogens is 296 g/mol. The second-order valence-corrected chi connectivity index (χ2v) is 6.61. The maximum atomic E-state index is 11.8. The Bertz CT molecular complexity index is 486. The Morgan fingerprint density at radius 3 is 2.77 bits per heavy atom. The minimum Gasteiger partial charge on any atom is -0.355 e. The lowest BCUT2D eigenvalue weighted by molar-refractivity contribution is -0.120. The molecule has 22 heavy (non-hydrogen) atoms. The highest BCUT2D eigenvalue weighted by Gasteiger charge is 2.15. The number of aliphatic imine (C=N–C) groups is 1. The molecule has 1 heterocycles. The van der Waals surface area contributed by atoms with E-state index in [4.69, 9.17) is 0 Å². The van der Waals surface area contributed by atoms with E-state index >= 15 is 0 Å². The van der Waals surface area contributed by atoms with Gasteiger partial charge in [0.2, 0.25) is 5.91 Å². The molecule has 6 heteroatoms. The highest BCUT2D eigenvalue weighted by Crippen LogP contribution is 2.25. The fourth-order valence-electron chi connectivity index (χ4n) is 2.26. The van der Waals surface area contributed by atoms with Crippen LogP contribution in [0.3, 0.4) is 0 Å². The van der Waals surface area contributed by atoms with Gasteiger partial charge in [0, 0.05) is 25.4 Å². The van der Waals surface area contributed by atoms with Gasteiger partial charge in [-0.3, -0.25) is 9.79 Å². The molecule has 0 saturated carbocycles. The number of nitrogens with one attached hydrogen (secondary N) is 3. The number of nitrogens with zero attached hydrogens (tertiary/aromatic N) is 1. The van der Waals surface area contributed by atoms with Gasteiger partial charge in [-0.1, -0.05) is 30.3 Å². The first-order chi connectivity index (χ1) is 10.8. The average Bonchev–Trinajstić information content (AvgIpc) is 3.07. The molecule has 3 N–H and O–H groups in total. The summed E-state index contributed by atoms with van der Waals surface area (Å²) in [4.78, 5) is 16.0. The van der Waals surface area contributed by atoms with E-state index in [0.717, 1.165) is 12.1 Å². The topological polar surface area (TPSA) is 65.5 Å². The normalized spacial score (nSPS) is 18.0. The van der Waals surface area contributed by atoms with E-state index in [9.17, 15) is 4.79 Å². The molecule has 1 aliphatic heterocycles. The highest BCUT2D eigenvalue weighted by atomic mass is 32.2. The molecular formula is C16H24N4OS. The molecule has 120 valence electrons. The molecule has 1 aromatic carbocycles. The quantitative estimate of drug-likeness (QED) is 0.547. The van der Waals surface area contributed by atoms with Crippen molar-refractivity contribution in [1.82, 2.24) is 16.0 Å². The summed E-state index contributed by atoms with van der Waals surface area (Å²) >= 11 is 2.00. The van der Waals surface area contributed by atoms with Crippen molar-refractivity contribution in [2.75, 3.05) is 25.9 Å². The molecule has 0 radical (unpaired) electrons. The highest BCUT2D eigenvalue weighted by molar-refractivity contribution is 8.00. The van der Waals surface area contributed by atoms with E-state index in [0.29, 0.717) is 17.8 Å². The van der Waals surface area contributed by atoms with Gasteiger partial charge in [0.25, 0.3) is 0 Å². The first kappa shape index (κ1) is 16.7. The molecule has 1 aliphatic rings. The van der Waals surface area contributed by atoms with Crippen LogP contribution in [0.15, 0.2) is 35.3 Å². The standard InChI is InChI=1S/C16H24N4OS/c1-17-16(19-11-14-8-5-9-22-14)20-12-15(21)18-10-13-6-3-2-4-7-13/h2-4,6-7,14H,5,8-12H2,1H3,(H,18,21)(H2,17,19,20). The monoisotopic (exact) mass is 320 g/mol. The minimum atomic E-state index is -0.0398. The fraction of sp³-hybridized carbons (Fsp3) is 0.500. The molecule has 0 spiro atoms. The Hall–Kier alpha value is -1.69. The van der Waals surface area contributed by atoms with E-state index in [1.54, 1.807) is 7.05 Å². The van der Waals surface area contributed by atoms with Crippen LogP contribution < -0.4 is 16.0 Å². The van der Waals surface area contributed by atoms with Crippen LogP contribution in [0.1, 0.15) is 18.4 Å². The molecule has 1 saturated heterocycles. The summed E-state index contributed by atoms with van der Waals surface area (Å²) in [6.45, 7) is 1.67. The molecule has 0 aliphatic carbocycles. The van der Waals surface area contributed by atoms with Crippen LogP contribution in [0.5, 0.6) is 0 Å². The fourth-order valence-corrected chi connectivity index (χ4v) is 3.46. The van der Waals surface area contributed by atoms with Gasteiger partial charge in [-0.15, -0.1) is 0 Å². The Morgan fingerprint density at radius 2 is 2.09 bits per heavy atom. The van der Waals surface area contributed by atoms with Gasteiger partial charge < -0.3 is 16.0 Å². The maximum absolute atomic E-state index is 11.8. The van der Waals surface area contributed by atoms with Gasteiger partial charge in [-0.25, -0.2) is 0 Å². The molecule has 1 amide bonds. The molecule has 5 nitrogen and oxygen atoms in total. The van der Waals surface area contributed by atoms with Crippen LogP contribution in [0.2, 0.25) is 0 Å². The van der Waals surface area contributed by atoms with Crippen molar-refractivity contribution >= 4 is 23.6 Å². The van der Waals surface area contributed by atoms with Crippen molar-refractivity contribution in [2.24, 2.45) is 4.99 Å². The summed E-state index contributed by atoms with van der Waals surface area (Å²) < 4.78 is 0. The number of carbonyl (C=O) groups is 1. The number of benzene rings is 1. The van der Waals surface area contributed by atoms with Gasteiger partial charge in [0.05, 0.1) is 6.54 Å². The van der Waals surface area contributed by atoms with Crippen molar-refractivity contribution in [3.05, 3.63) is 35.9 Å². The third-order valence-electron chi connectivity index (χ3n) is 3.49. The summed E-state index contributed by atoms with van der Waals surface area (Å²) in [5, 5.41) is 9.87. The number of amides is 1. The van der Waals surface area contributed by atoms with Crippen molar-refractivity contribution in [1.29, 1.82) is 0 Å². The van der Waals surface area contributed by atoms with E-state index in [1.807, 2.05) is 42.1 Å². The summed E-state index contributed by atoms with van der Waals surface area (Å²) in [7, 11) is 1.72. The third-order valence-corrected chi connectivity index (χ3v) is 4.89. The Kier molecular flexibility index (Phi) is 7.09. The van der Waals surface area contributed by atoms with Gasteiger partial charge in [-0.05, 0) is 24.2 Å². The molecule has 0 aromatic heterocycles. The Labute approximate surface area is 136 Å². The predicted octanol–water partition coefficient (Wildman–Crippen LogP) is 1.36. The zero-order valence-electron chi connectivity index (χ0n) is 13.0. The second-order valence-electron chi connectivity index (χ2n) is 5.20. The SMILES string of the molecule is CN=C(NCC(=O)NCc1ccccc1)NCC1CCCS1. The van der Waals surface area contributed by atoms with Crippen molar-refractivity contribution in [3.8, 4) is 0 Å². The molecule has 0 bridgehead atoms. The van der Waals surface area contributed by atoms with Crippen molar-refractivity contribution in [2.45, 2.75) is 24.6 Å². The number of guanidine groups is 1. The number of thioether (sulfide) groups is 1. The van der Waals surface area contributed by atoms with E-state index in [-0.39, 0.29) is 12.5 Å². The number of carbonyl (C=O) groups excluding carboxylic acids is 1. The van der Waals surface area contributed by atoms with E-state index in [2.05, 4.69) is 20.9 Å². The number of hydrogen-bond acceptors (Lipinski definition) is 3. The van der Waals surface area contributed by atoms with Crippen LogP contribution in [-0.4, -0.2) is 43.0 Å². The van der Waals surface area contributed by atoms with Crippen LogP contribution in [0.4, 0.5) is 0 Å². The summed E-state index contributed by atoms with van der Waals surface area (Å²) in [5.74, 6) is 1.89. The van der Waals surface area contributed by atoms with Gasteiger partial charge in [-0.2, -0.15) is 11.8 Å². The van der Waals surface area contributed by atoms with Crippen molar-refractivity contribution < 1.29 is 4.79 Å². The van der Waals surface area contributed by atoms with Crippen LogP contribution in [-0.2, 0) is 11.3 Å². The second kappa shape index (κ2) is 9.35. The zero-order valence-corrected chi connectivity index (χ0v) is 13.8. The molecule has 1 atom stereocenters. The smallest absolute Gasteiger partial charge is 0.239 e. The zero-order chi connectivity index (χ0) is 15.6. The van der Waals surface area contributed by atoms with Crippen LogP contribution >= 0.6 is 11.8 Å². The largest absolute Gasteiger partial charge is 0.355 e. The van der Waals surface area contributed by atoms with Gasteiger partial charge >= 0.3 is 0 Å². The van der Waals surface area contributed by atoms with Gasteiger partial charge in [0.15, 0.2) is 5.96 Å². The number of hydrogen-bond donors (Lipinski definition) is 3. The Balaban J connectivity index is 1.63. The maximum Gasteiger partial charge on any atom is 0.239 e. The van der Waals surface area contributed by atoms with Gasteiger partial charge in [0.1, 0.15) is 0 Å². The van der Waals surface area contributed by atoms with E-state index in [1.165, 1.54) is 18.6 Å². The summed E-state index contributed by atoms with van der Waals surface area (Å²) in [6.07, 6.45) is 2.55. The van der Waals surface area contributed by atoms with Crippen LogP contribution in [0, 0.1) is 0 Å². The van der Waals surface area contributed by atoms with E-state index < -0.39 is 0 Å². The lowest BCUT2D eigenvalue weighted by Crippen LogP contribution is -2.44. The third kappa shape index (κ3) is 5.97. The van der Waals surface area contributed by atoms with Crippen molar-refractivity contribution in [3.63, 3.8) is 0 Å². The molecule has 1 unspecified atom stereocenters. The number of rotatable bonds is 6. The average molecular weight is 320 g/mol. The Morgan fingerprint density at radius 1 is 1.27 bits per heavy atom. The molecule has 1 fully saturated rings. The summed E-state index contributed by atoms with van der Waals surface area (Å²) in [6, 6.07) is 9.88. The lowest BCUT2D eigenvalue weighted by atomic mass is 10.2. The molecule has 2 rings (SSSR count). The predicted molar refractivity (Wildman–Crippen MR) is 93.1 cm³/mol. The first-order valence-corrected chi connectivity index (χ1v) is 8.69. The van der Waals surface area contributed by atoms with Crippen LogP contribution in [0.25, 0.3) is 0 Å². The lowest BCUT2D eigenvalue weighted by Gasteiger charge is -2.14. The minimum absolute atomic E-state index is 0.0398. The molecule has 1 aromatic rings. The first-order valence-electron chi connectivity index (χ1n) is 7.64.